The molecule has 0 aromatic heterocycles. The number of carbonyl (C=O) groups excluding carboxylic acids is 3. The molecule has 1 fully saturated rings. The third-order valence-electron chi connectivity index (χ3n) is 4.38. The molecule has 1 aliphatic rings. The molecule has 1 atom stereocenters. The van der Waals surface area contributed by atoms with E-state index in [1.807, 2.05) is 31.2 Å². The average Bonchev–Trinajstić information content (AvgIpc) is 2.98. The first-order valence-electron chi connectivity index (χ1n) is 8.23. The van der Waals surface area contributed by atoms with Crippen LogP contribution >= 0.6 is 0 Å². The predicted molar refractivity (Wildman–Crippen MR) is 96.7 cm³/mol. The monoisotopic (exact) mass is 336 g/mol. The van der Waals surface area contributed by atoms with E-state index < -0.39 is 5.92 Å². The van der Waals surface area contributed by atoms with Crippen molar-refractivity contribution in [1.82, 2.24) is 0 Å². The number of nitrogens with one attached hydrogen (secondary N) is 1. The van der Waals surface area contributed by atoms with Crippen LogP contribution in [0.4, 0.5) is 11.4 Å². The Labute approximate surface area is 146 Å². The summed E-state index contributed by atoms with van der Waals surface area (Å²) in [5.41, 5.74) is 3.04. The van der Waals surface area contributed by atoms with Crippen molar-refractivity contribution in [3.63, 3.8) is 0 Å². The second-order valence-electron chi connectivity index (χ2n) is 6.37. The average molecular weight is 336 g/mol. The number of hydrogen-bond acceptors (Lipinski definition) is 3. The number of anilines is 2. The number of ketones is 1. The Hall–Kier alpha value is -2.95. The summed E-state index contributed by atoms with van der Waals surface area (Å²) in [5.74, 6) is -0.724. The molecule has 0 unspecified atom stereocenters. The van der Waals surface area contributed by atoms with Gasteiger partial charge in [-0.05, 0) is 38.1 Å². The molecule has 128 valence electrons. The first-order chi connectivity index (χ1) is 11.9. The van der Waals surface area contributed by atoms with Gasteiger partial charge in [0.1, 0.15) is 0 Å². The van der Waals surface area contributed by atoms with E-state index in [1.165, 1.54) is 6.92 Å². The van der Waals surface area contributed by atoms with E-state index in [2.05, 4.69) is 5.32 Å². The summed E-state index contributed by atoms with van der Waals surface area (Å²) in [5, 5.41) is 2.81. The fourth-order valence-electron chi connectivity index (χ4n) is 2.92. The molecule has 5 nitrogen and oxygen atoms in total. The molecule has 0 saturated carbocycles. The molecular weight excluding hydrogens is 316 g/mol. The van der Waals surface area contributed by atoms with E-state index in [-0.39, 0.29) is 24.0 Å². The summed E-state index contributed by atoms with van der Waals surface area (Å²) >= 11 is 0. The van der Waals surface area contributed by atoms with E-state index >= 15 is 0 Å². The van der Waals surface area contributed by atoms with E-state index in [1.54, 1.807) is 29.2 Å². The molecule has 1 N–H and O–H groups in total. The van der Waals surface area contributed by atoms with Crippen LogP contribution in [0.2, 0.25) is 0 Å². The van der Waals surface area contributed by atoms with Gasteiger partial charge in [-0.15, -0.1) is 0 Å². The van der Waals surface area contributed by atoms with Gasteiger partial charge in [0.25, 0.3) is 0 Å². The Morgan fingerprint density at radius 3 is 2.52 bits per heavy atom. The Balaban J connectivity index is 1.69. The molecule has 1 aliphatic heterocycles. The molecule has 0 spiro atoms. The van der Waals surface area contributed by atoms with Crippen LogP contribution in [0.1, 0.15) is 29.3 Å². The molecular formula is C20H20N2O3. The van der Waals surface area contributed by atoms with E-state index in [9.17, 15) is 14.4 Å². The third kappa shape index (κ3) is 3.76. The number of aryl methyl sites for hydroxylation is 1. The molecule has 0 aliphatic carbocycles. The van der Waals surface area contributed by atoms with Crippen molar-refractivity contribution in [2.45, 2.75) is 20.3 Å². The molecule has 2 aromatic rings. The molecule has 2 aromatic carbocycles. The van der Waals surface area contributed by atoms with Crippen LogP contribution in [0.5, 0.6) is 0 Å². The number of carbonyl (C=O) groups is 3. The third-order valence-corrected chi connectivity index (χ3v) is 4.38. The lowest BCUT2D eigenvalue weighted by Gasteiger charge is -2.17. The van der Waals surface area contributed by atoms with Crippen LogP contribution in [0.25, 0.3) is 0 Å². The minimum Gasteiger partial charge on any atom is -0.326 e. The zero-order chi connectivity index (χ0) is 18.0. The highest BCUT2D eigenvalue weighted by Crippen LogP contribution is 2.26. The van der Waals surface area contributed by atoms with Crippen molar-refractivity contribution in [2.75, 3.05) is 16.8 Å². The molecule has 2 amide bonds. The van der Waals surface area contributed by atoms with Crippen LogP contribution in [-0.2, 0) is 9.59 Å². The molecule has 25 heavy (non-hydrogen) atoms. The lowest BCUT2D eigenvalue weighted by atomic mass is 10.1. The lowest BCUT2D eigenvalue weighted by Crippen LogP contribution is -2.28. The maximum Gasteiger partial charge on any atom is 0.229 e. The van der Waals surface area contributed by atoms with Gasteiger partial charge in [-0.2, -0.15) is 0 Å². The maximum atomic E-state index is 12.5. The highest BCUT2D eigenvalue weighted by Gasteiger charge is 2.35. The number of nitrogens with zero attached hydrogens (tertiary/aromatic N) is 1. The van der Waals surface area contributed by atoms with Crippen LogP contribution < -0.4 is 10.2 Å². The zero-order valence-electron chi connectivity index (χ0n) is 14.3. The number of amides is 2. The minimum atomic E-state index is -0.408. The highest BCUT2D eigenvalue weighted by molar-refractivity contribution is 6.04. The van der Waals surface area contributed by atoms with Gasteiger partial charge in [0, 0.05) is 29.9 Å². The van der Waals surface area contributed by atoms with E-state index in [4.69, 9.17) is 0 Å². The van der Waals surface area contributed by atoms with E-state index in [0.29, 0.717) is 17.8 Å². The minimum absolute atomic E-state index is 0.0542. The second-order valence-corrected chi connectivity index (χ2v) is 6.37. The van der Waals surface area contributed by atoms with Gasteiger partial charge >= 0.3 is 0 Å². The SMILES string of the molecule is CC(=O)c1cccc(NC(=O)[C@H]2CC(=O)N(c3ccc(C)cc3)C2)c1. The van der Waals surface area contributed by atoms with Crippen LogP contribution in [0.3, 0.4) is 0 Å². The second kappa shape index (κ2) is 6.89. The fourth-order valence-corrected chi connectivity index (χ4v) is 2.92. The summed E-state index contributed by atoms with van der Waals surface area (Å²) in [6, 6.07) is 14.5. The Morgan fingerprint density at radius 2 is 1.84 bits per heavy atom. The first-order valence-corrected chi connectivity index (χ1v) is 8.23. The maximum absolute atomic E-state index is 12.5. The van der Waals surface area contributed by atoms with Crippen molar-refractivity contribution in [3.05, 3.63) is 59.7 Å². The molecule has 0 bridgehead atoms. The van der Waals surface area contributed by atoms with Crippen LogP contribution in [0.15, 0.2) is 48.5 Å². The Kier molecular flexibility index (Phi) is 4.65. The number of hydrogen-bond donors (Lipinski definition) is 1. The van der Waals surface area contributed by atoms with Gasteiger partial charge in [0.2, 0.25) is 11.8 Å². The topological polar surface area (TPSA) is 66.5 Å². The van der Waals surface area contributed by atoms with Crippen molar-refractivity contribution >= 4 is 29.0 Å². The van der Waals surface area contributed by atoms with Gasteiger partial charge in [0.15, 0.2) is 5.78 Å². The number of benzene rings is 2. The molecule has 0 radical (unpaired) electrons. The Bertz CT molecular complexity index is 827. The Morgan fingerprint density at radius 1 is 1.12 bits per heavy atom. The van der Waals surface area contributed by atoms with Crippen LogP contribution in [0, 0.1) is 12.8 Å². The largest absolute Gasteiger partial charge is 0.326 e. The fraction of sp³-hybridized carbons (Fsp3) is 0.250. The quantitative estimate of drug-likeness (QED) is 0.872. The summed E-state index contributed by atoms with van der Waals surface area (Å²) in [4.78, 5) is 37.9. The summed E-state index contributed by atoms with van der Waals surface area (Å²) in [6.07, 6.45) is 0.187. The lowest BCUT2D eigenvalue weighted by molar-refractivity contribution is -0.122. The van der Waals surface area contributed by atoms with Crippen molar-refractivity contribution in [2.24, 2.45) is 5.92 Å². The van der Waals surface area contributed by atoms with Crippen LogP contribution in [-0.4, -0.2) is 24.1 Å². The molecule has 3 rings (SSSR count). The van der Waals surface area contributed by atoms with E-state index in [0.717, 1.165) is 11.3 Å². The summed E-state index contributed by atoms with van der Waals surface area (Å²) in [6.45, 7) is 3.83. The van der Waals surface area contributed by atoms with Crippen molar-refractivity contribution in [3.8, 4) is 0 Å². The molecule has 1 saturated heterocycles. The zero-order valence-corrected chi connectivity index (χ0v) is 14.3. The normalized spacial score (nSPS) is 16.8. The van der Waals surface area contributed by atoms with Gasteiger partial charge in [0.05, 0.1) is 5.92 Å². The standard InChI is InChI=1S/C20H20N2O3/c1-13-6-8-18(9-7-13)22-12-16(11-19(22)24)20(25)21-17-5-3-4-15(10-17)14(2)23/h3-10,16H,11-12H2,1-2H3,(H,21,25)/t16-/m0/s1. The molecule has 5 heteroatoms. The highest BCUT2D eigenvalue weighted by atomic mass is 16.2. The van der Waals surface area contributed by atoms with Gasteiger partial charge in [-0.1, -0.05) is 29.8 Å². The summed E-state index contributed by atoms with van der Waals surface area (Å²) < 4.78 is 0. The number of rotatable bonds is 4. The van der Waals surface area contributed by atoms with Gasteiger partial charge in [-0.25, -0.2) is 0 Å². The van der Waals surface area contributed by atoms with Crippen molar-refractivity contribution < 1.29 is 14.4 Å². The van der Waals surface area contributed by atoms with Crippen molar-refractivity contribution in [1.29, 1.82) is 0 Å². The smallest absolute Gasteiger partial charge is 0.229 e. The molecule has 1 heterocycles. The number of Topliss-reactive ketones (excluding diaryl/α,β-unsaturated/α-hetero) is 1. The van der Waals surface area contributed by atoms with Gasteiger partial charge in [-0.3, -0.25) is 14.4 Å². The first kappa shape index (κ1) is 16.9. The van der Waals surface area contributed by atoms with Gasteiger partial charge < -0.3 is 10.2 Å². The summed E-state index contributed by atoms with van der Waals surface area (Å²) in [7, 11) is 0. The predicted octanol–water partition coefficient (Wildman–Crippen LogP) is 3.19.